The molecule has 0 spiro atoms. The van der Waals surface area contributed by atoms with E-state index in [4.69, 9.17) is 5.11 Å². The van der Waals surface area contributed by atoms with Gasteiger partial charge in [-0.25, -0.2) is 4.79 Å². The molecule has 0 bridgehead atoms. The van der Waals surface area contributed by atoms with Crippen LogP contribution in [0.3, 0.4) is 0 Å². The van der Waals surface area contributed by atoms with Crippen molar-refractivity contribution in [3.8, 4) is 0 Å². The number of halogens is 1. The normalized spacial score (nSPS) is 16.6. The van der Waals surface area contributed by atoms with Crippen molar-refractivity contribution >= 4 is 27.7 Å². The first kappa shape index (κ1) is 13.2. The van der Waals surface area contributed by atoms with Crippen molar-refractivity contribution in [2.75, 3.05) is 24.5 Å². The Kier molecular flexibility index (Phi) is 4.47. The highest BCUT2D eigenvalue weighted by molar-refractivity contribution is 9.10. The number of carbonyl (C=O) groups is 1. The lowest BCUT2D eigenvalue weighted by Crippen LogP contribution is -2.38. The standard InChI is InChI=1S/C13H17BrN2O2/c14-11-1-3-12(4-2-11)16-7-5-10(6-8-16)9-15-13(17)18/h1-4,10,15H,5-9H2,(H,17,18). The fourth-order valence-electron chi connectivity index (χ4n) is 2.28. The first-order valence-corrected chi connectivity index (χ1v) is 6.92. The van der Waals surface area contributed by atoms with E-state index in [0.29, 0.717) is 12.5 Å². The molecule has 1 aliphatic rings. The van der Waals surface area contributed by atoms with Gasteiger partial charge in [0, 0.05) is 29.8 Å². The van der Waals surface area contributed by atoms with E-state index < -0.39 is 6.09 Å². The van der Waals surface area contributed by atoms with Crippen LogP contribution in [0.2, 0.25) is 0 Å². The zero-order valence-electron chi connectivity index (χ0n) is 10.1. The van der Waals surface area contributed by atoms with Crippen LogP contribution in [0.25, 0.3) is 0 Å². The Morgan fingerprint density at radius 2 is 1.94 bits per heavy atom. The Labute approximate surface area is 115 Å². The number of rotatable bonds is 3. The molecule has 0 unspecified atom stereocenters. The van der Waals surface area contributed by atoms with Crippen LogP contribution in [0.15, 0.2) is 28.7 Å². The molecule has 4 nitrogen and oxygen atoms in total. The zero-order chi connectivity index (χ0) is 13.0. The van der Waals surface area contributed by atoms with Crippen LogP contribution in [0.1, 0.15) is 12.8 Å². The van der Waals surface area contributed by atoms with E-state index in [1.807, 2.05) is 12.1 Å². The second kappa shape index (κ2) is 6.09. The van der Waals surface area contributed by atoms with Gasteiger partial charge in [0.1, 0.15) is 0 Å². The largest absolute Gasteiger partial charge is 0.465 e. The van der Waals surface area contributed by atoms with Crippen molar-refractivity contribution in [2.24, 2.45) is 5.92 Å². The molecule has 1 saturated heterocycles. The summed E-state index contributed by atoms with van der Waals surface area (Å²) in [4.78, 5) is 12.8. The average molecular weight is 313 g/mol. The van der Waals surface area contributed by atoms with Gasteiger partial charge in [-0.3, -0.25) is 0 Å². The van der Waals surface area contributed by atoms with E-state index in [2.05, 4.69) is 38.3 Å². The Hall–Kier alpha value is -1.23. The molecule has 0 aromatic heterocycles. The van der Waals surface area contributed by atoms with Crippen molar-refractivity contribution in [2.45, 2.75) is 12.8 Å². The summed E-state index contributed by atoms with van der Waals surface area (Å²) in [6.07, 6.45) is 1.15. The minimum atomic E-state index is -0.926. The van der Waals surface area contributed by atoms with Gasteiger partial charge < -0.3 is 15.3 Å². The summed E-state index contributed by atoms with van der Waals surface area (Å²) in [6, 6.07) is 8.32. The SMILES string of the molecule is O=C(O)NCC1CCN(c2ccc(Br)cc2)CC1. The third-order valence-electron chi connectivity index (χ3n) is 3.35. The van der Waals surface area contributed by atoms with Crippen molar-refractivity contribution in [3.05, 3.63) is 28.7 Å². The Morgan fingerprint density at radius 1 is 1.33 bits per heavy atom. The molecule has 18 heavy (non-hydrogen) atoms. The summed E-state index contributed by atoms with van der Waals surface area (Å²) in [5.74, 6) is 0.466. The van der Waals surface area contributed by atoms with Crippen LogP contribution in [0.5, 0.6) is 0 Å². The minimum absolute atomic E-state index is 0.466. The summed E-state index contributed by atoms with van der Waals surface area (Å²) in [7, 11) is 0. The zero-order valence-corrected chi connectivity index (χ0v) is 11.7. The van der Waals surface area contributed by atoms with E-state index in [-0.39, 0.29) is 0 Å². The fourth-order valence-corrected chi connectivity index (χ4v) is 2.54. The maximum absolute atomic E-state index is 10.4. The highest BCUT2D eigenvalue weighted by atomic mass is 79.9. The van der Waals surface area contributed by atoms with Crippen molar-refractivity contribution < 1.29 is 9.90 Å². The molecule has 1 fully saturated rings. The Morgan fingerprint density at radius 3 is 2.50 bits per heavy atom. The number of nitrogens with zero attached hydrogens (tertiary/aromatic N) is 1. The second-order valence-corrected chi connectivity index (χ2v) is 5.51. The number of hydrogen-bond acceptors (Lipinski definition) is 2. The van der Waals surface area contributed by atoms with E-state index in [1.54, 1.807) is 0 Å². The van der Waals surface area contributed by atoms with Gasteiger partial charge in [0.25, 0.3) is 0 Å². The molecule has 2 rings (SSSR count). The molecular formula is C13H17BrN2O2. The first-order chi connectivity index (χ1) is 8.65. The van der Waals surface area contributed by atoms with Crippen LogP contribution >= 0.6 is 15.9 Å². The van der Waals surface area contributed by atoms with Gasteiger partial charge >= 0.3 is 6.09 Å². The number of hydrogen-bond donors (Lipinski definition) is 2. The van der Waals surface area contributed by atoms with Gasteiger partial charge in [0.05, 0.1) is 0 Å². The van der Waals surface area contributed by atoms with E-state index in [1.165, 1.54) is 5.69 Å². The summed E-state index contributed by atoms with van der Waals surface area (Å²) < 4.78 is 1.09. The predicted molar refractivity (Wildman–Crippen MR) is 75.1 cm³/mol. The quantitative estimate of drug-likeness (QED) is 0.902. The Bertz CT molecular complexity index is 400. The molecule has 0 atom stereocenters. The third kappa shape index (κ3) is 3.63. The highest BCUT2D eigenvalue weighted by Gasteiger charge is 2.19. The molecule has 1 amide bonds. The molecular weight excluding hydrogens is 296 g/mol. The van der Waals surface area contributed by atoms with Gasteiger partial charge in [0.15, 0.2) is 0 Å². The number of amides is 1. The number of carboxylic acid groups (broad SMARTS) is 1. The number of piperidine rings is 1. The first-order valence-electron chi connectivity index (χ1n) is 6.12. The number of anilines is 1. The van der Waals surface area contributed by atoms with Crippen LogP contribution in [0.4, 0.5) is 10.5 Å². The van der Waals surface area contributed by atoms with Gasteiger partial charge in [-0.2, -0.15) is 0 Å². The van der Waals surface area contributed by atoms with Gasteiger partial charge in [-0.1, -0.05) is 15.9 Å². The third-order valence-corrected chi connectivity index (χ3v) is 3.88. The molecule has 1 heterocycles. The number of nitrogens with one attached hydrogen (secondary N) is 1. The minimum Gasteiger partial charge on any atom is -0.465 e. The van der Waals surface area contributed by atoms with Crippen LogP contribution < -0.4 is 10.2 Å². The second-order valence-electron chi connectivity index (χ2n) is 4.59. The summed E-state index contributed by atoms with van der Waals surface area (Å²) in [5, 5.41) is 11.0. The Balaban J connectivity index is 1.83. The summed E-state index contributed by atoms with van der Waals surface area (Å²) in [5.41, 5.74) is 1.24. The number of benzene rings is 1. The van der Waals surface area contributed by atoms with Crippen molar-refractivity contribution in [3.63, 3.8) is 0 Å². The maximum atomic E-state index is 10.4. The van der Waals surface area contributed by atoms with Crippen molar-refractivity contribution in [1.29, 1.82) is 0 Å². The van der Waals surface area contributed by atoms with E-state index in [9.17, 15) is 4.79 Å². The van der Waals surface area contributed by atoms with E-state index in [0.717, 1.165) is 30.4 Å². The lowest BCUT2D eigenvalue weighted by Gasteiger charge is -2.33. The lowest BCUT2D eigenvalue weighted by atomic mass is 9.96. The summed E-state index contributed by atoms with van der Waals surface area (Å²) >= 11 is 3.43. The fraction of sp³-hybridized carbons (Fsp3) is 0.462. The predicted octanol–water partition coefficient (Wildman–Crippen LogP) is 2.93. The van der Waals surface area contributed by atoms with Gasteiger partial charge in [-0.05, 0) is 43.0 Å². The van der Waals surface area contributed by atoms with E-state index >= 15 is 0 Å². The molecule has 5 heteroatoms. The molecule has 1 aromatic rings. The molecule has 0 saturated carbocycles. The van der Waals surface area contributed by atoms with Crippen LogP contribution in [-0.4, -0.2) is 30.8 Å². The average Bonchev–Trinajstić information content (AvgIpc) is 2.38. The molecule has 2 N–H and O–H groups in total. The van der Waals surface area contributed by atoms with Gasteiger partial charge in [-0.15, -0.1) is 0 Å². The van der Waals surface area contributed by atoms with Crippen LogP contribution in [0, 0.1) is 5.92 Å². The van der Waals surface area contributed by atoms with Crippen LogP contribution in [-0.2, 0) is 0 Å². The molecule has 98 valence electrons. The lowest BCUT2D eigenvalue weighted by molar-refractivity contribution is 0.191. The smallest absolute Gasteiger partial charge is 0.404 e. The molecule has 1 aliphatic heterocycles. The van der Waals surface area contributed by atoms with Crippen molar-refractivity contribution in [1.82, 2.24) is 5.32 Å². The monoisotopic (exact) mass is 312 g/mol. The molecule has 0 aliphatic carbocycles. The molecule has 0 radical (unpaired) electrons. The molecule has 1 aromatic carbocycles. The summed E-state index contributed by atoms with van der Waals surface area (Å²) in [6.45, 7) is 2.56. The maximum Gasteiger partial charge on any atom is 0.404 e. The van der Waals surface area contributed by atoms with Gasteiger partial charge in [0.2, 0.25) is 0 Å². The highest BCUT2D eigenvalue weighted by Crippen LogP contribution is 2.24. The topological polar surface area (TPSA) is 52.6 Å².